The van der Waals surface area contributed by atoms with Gasteiger partial charge in [0.05, 0.1) is 5.69 Å². The summed E-state index contributed by atoms with van der Waals surface area (Å²) in [6, 6.07) is 17.7. The van der Waals surface area contributed by atoms with E-state index in [1.807, 2.05) is 67.7 Å². The predicted octanol–water partition coefficient (Wildman–Crippen LogP) is 4.85. The first-order valence-corrected chi connectivity index (χ1v) is 8.44. The van der Waals surface area contributed by atoms with Gasteiger partial charge >= 0.3 is 0 Å². The third-order valence-corrected chi connectivity index (χ3v) is 5.04. The highest BCUT2D eigenvalue weighted by molar-refractivity contribution is 7.17. The highest BCUT2D eigenvalue weighted by Gasteiger charge is 2.16. The number of H-pyrrole nitrogens is 1. The van der Waals surface area contributed by atoms with Gasteiger partial charge in [-0.3, -0.25) is 4.79 Å². The van der Waals surface area contributed by atoms with Crippen LogP contribution in [0.4, 0.5) is 5.69 Å². The van der Waals surface area contributed by atoms with E-state index in [0.717, 1.165) is 32.9 Å². The number of carbonyl (C=O) groups is 1. The van der Waals surface area contributed by atoms with Gasteiger partial charge in [0.25, 0.3) is 5.91 Å². The van der Waals surface area contributed by atoms with Gasteiger partial charge < -0.3 is 10.3 Å². The summed E-state index contributed by atoms with van der Waals surface area (Å²) in [5.74, 6) is -0.123. The third kappa shape index (κ3) is 2.70. The number of anilines is 1. The SMILES string of the molecule is Cc1nc(-c2ccccc2)sc1C(=O)Nc1ccc2[nH]ccc2c1. The number of nitrogens with zero attached hydrogens (tertiary/aromatic N) is 1. The zero-order chi connectivity index (χ0) is 16.5. The molecule has 2 heterocycles. The number of hydrogen-bond donors (Lipinski definition) is 2. The Balaban J connectivity index is 1.61. The number of carbonyl (C=O) groups excluding carboxylic acids is 1. The Morgan fingerprint density at radius 3 is 2.79 bits per heavy atom. The molecule has 2 N–H and O–H groups in total. The largest absolute Gasteiger partial charge is 0.361 e. The average molecular weight is 333 g/mol. The summed E-state index contributed by atoms with van der Waals surface area (Å²) in [7, 11) is 0. The van der Waals surface area contributed by atoms with Crippen LogP contribution in [0.15, 0.2) is 60.8 Å². The van der Waals surface area contributed by atoms with E-state index >= 15 is 0 Å². The van der Waals surface area contributed by atoms with Crippen LogP contribution in [0.5, 0.6) is 0 Å². The number of aryl methyl sites for hydroxylation is 1. The second-order valence-electron chi connectivity index (χ2n) is 5.53. The molecule has 118 valence electrons. The Morgan fingerprint density at radius 2 is 1.96 bits per heavy atom. The van der Waals surface area contributed by atoms with Gasteiger partial charge in [-0.05, 0) is 31.2 Å². The van der Waals surface area contributed by atoms with E-state index in [0.29, 0.717) is 4.88 Å². The van der Waals surface area contributed by atoms with Gasteiger partial charge in [-0.2, -0.15) is 0 Å². The van der Waals surface area contributed by atoms with Crippen molar-refractivity contribution in [1.82, 2.24) is 9.97 Å². The molecule has 0 spiro atoms. The first-order valence-electron chi connectivity index (χ1n) is 7.62. The lowest BCUT2D eigenvalue weighted by Crippen LogP contribution is -2.11. The first-order chi connectivity index (χ1) is 11.7. The van der Waals surface area contributed by atoms with Crippen molar-refractivity contribution < 1.29 is 4.79 Å². The molecule has 1 amide bonds. The normalized spacial score (nSPS) is 10.9. The molecule has 0 aliphatic rings. The Kier molecular flexibility index (Phi) is 3.63. The van der Waals surface area contributed by atoms with Gasteiger partial charge in [-0.15, -0.1) is 11.3 Å². The van der Waals surface area contributed by atoms with Crippen LogP contribution in [-0.2, 0) is 0 Å². The first kappa shape index (κ1) is 14.7. The van der Waals surface area contributed by atoms with Crippen molar-refractivity contribution in [2.75, 3.05) is 5.32 Å². The molecule has 4 nitrogen and oxygen atoms in total. The number of thiazole rings is 1. The Labute approximate surface area is 143 Å². The lowest BCUT2D eigenvalue weighted by Gasteiger charge is -2.04. The van der Waals surface area contributed by atoms with Crippen LogP contribution in [0, 0.1) is 6.92 Å². The Morgan fingerprint density at radius 1 is 1.12 bits per heavy atom. The molecule has 2 aromatic heterocycles. The summed E-state index contributed by atoms with van der Waals surface area (Å²) in [4.78, 5) is 20.9. The van der Waals surface area contributed by atoms with Crippen LogP contribution >= 0.6 is 11.3 Å². The number of fused-ring (bicyclic) bond motifs is 1. The Hall–Kier alpha value is -2.92. The molecule has 0 saturated heterocycles. The third-order valence-electron chi connectivity index (χ3n) is 3.83. The fourth-order valence-corrected chi connectivity index (χ4v) is 3.60. The zero-order valence-corrected chi connectivity index (χ0v) is 13.9. The molecule has 0 aliphatic heterocycles. The van der Waals surface area contributed by atoms with Gasteiger partial charge in [0.15, 0.2) is 0 Å². The maximum absolute atomic E-state index is 12.6. The number of nitrogens with one attached hydrogen (secondary N) is 2. The van der Waals surface area contributed by atoms with E-state index in [1.165, 1.54) is 11.3 Å². The van der Waals surface area contributed by atoms with Gasteiger partial charge in [-0.1, -0.05) is 30.3 Å². The summed E-state index contributed by atoms with van der Waals surface area (Å²) in [6.45, 7) is 1.87. The molecule has 0 radical (unpaired) electrons. The highest BCUT2D eigenvalue weighted by atomic mass is 32.1. The van der Waals surface area contributed by atoms with Crippen molar-refractivity contribution in [2.45, 2.75) is 6.92 Å². The molecular formula is C19H15N3OS. The lowest BCUT2D eigenvalue weighted by atomic mass is 10.2. The molecule has 0 unspecified atom stereocenters. The molecule has 0 saturated carbocycles. The van der Waals surface area contributed by atoms with E-state index < -0.39 is 0 Å². The molecule has 0 atom stereocenters. The van der Waals surface area contributed by atoms with E-state index in [1.54, 1.807) is 0 Å². The number of amides is 1. The van der Waals surface area contributed by atoms with Crippen LogP contribution in [0.2, 0.25) is 0 Å². The van der Waals surface area contributed by atoms with Gasteiger partial charge in [0, 0.05) is 28.4 Å². The Bertz CT molecular complexity index is 1020. The van der Waals surface area contributed by atoms with E-state index in [-0.39, 0.29) is 5.91 Å². The molecule has 4 rings (SSSR count). The van der Waals surface area contributed by atoms with Crippen molar-refractivity contribution in [3.8, 4) is 10.6 Å². The summed E-state index contributed by atoms with van der Waals surface area (Å²) < 4.78 is 0. The van der Waals surface area contributed by atoms with Crippen LogP contribution in [0.1, 0.15) is 15.4 Å². The number of aromatic amines is 1. The number of rotatable bonds is 3. The summed E-state index contributed by atoms with van der Waals surface area (Å²) in [5, 5.41) is 4.89. The predicted molar refractivity (Wildman–Crippen MR) is 98.5 cm³/mol. The van der Waals surface area contributed by atoms with Crippen LogP contribution < -0.4 is 5.32 Å². The van der Waals surface area contributed by atoms with E-state index in [4.69, 9.17) is 0 Å². The molecular weight excluding hydrogens is 318 g/mol. The fraction of sp³-hybridized carbons (Fsp3) is 0.0526. The monoisotopic (exact) mass is 333 g/mol. The maximum atomic E-state index is 12.6. The van der Waals surface area contributed by atoms with Gasteiger partial charge in [0.2, 0.25) is 0 Å². The quantitative estimate of drug-likeness (QED) is 0.563. The van der Waals surface area contributed by atoms with Crippen molar-refractivity contribution in [1.29, 1.82) is 0 Å². The van der Waals surface area contributed by atoms with Crippen LogP contribution in [-0.4, -0.2) is 15.9 Å². The smallest absolute Gasteiger partial charge is 0.267 e. The second-order valence-corrected chi connectivity index (χ2v) is 6.53. The van der Waals surface area contributed by atoms with Crippen LogP contribution in [0.25, 0.3) is 21.5 Å². The number of benzene rings is 2. The van der Waals surface area contributed by atoms with Gasteiger partial charge in [0.1, 0.15) is 9.88 Å². The highest BCUT2D eigenvalue weighted by Crippen LogP contribution is 2.28. The standard InChI is InChI=1S/C19H15N3OS/c1-12-17(24-19(21-12)13-5-3-2-4-6-13)18(23)22-15-7-8-16-14(11-15)9-10-20-16/h2-11,20H,1H3,(H,22,23). The minimum Gasteiger partial charge on any atom is -0.361 e. The van der Waals surface area contributed by atoms with Gasteiger partial charge in [-0.25, -0.2) is 4.98 Å². The number of hydrogen-bond acceptors (Lipinski definition) is 3. The second kappa shape index (κ2) is 5.94. The van der Waals surface area contributed by atoms with Crippen molar-refractivity contribution in [3.63, 3.8) is 0 Å². The minimum atomic E-state index is -0.123. The van der Waals surface area contributed by atoms with Crippen molar-refractivity contribution in [2.24, 2.45) is 0 Å². The average Bonchev–Trinajstić information content (AvgIpc) is 3.21. The van der Waals surface area contributed by atoms with E-state index in [2.05, 4.69) is 15.3 Å². The number of aromatic nitrogens is 2. The van der Waals surface area contributed by atoms with Crippen LogP contribution in [0.3, 0.4) is 0 Å². The maximum Gasteiger partial charge on any atom is 0.267 e. The molecule has 4 aromatic rings. The molecule has 24 heavy (non-hydrogen) atoms. The zero-order valence-electron chi connectivity index (χ0n) is 13.0. The molecule has 0 aliphatic carbocycles. The minimum absolute atomic E-state index is 0.123. The summed E-state index contributed by atoms with van der Waals surface area (Å²) in [6.07, 6.45) is 1.88. The molecule has 5 heteroatoms. The fourth-order valence-electron chi connectivity index (χ4n) is 2.63. The topological polar surface area (TPSA) is 57.8 Å². The molecule has 0 bridgehead atoms. The summed E-state index contributed by atoms with van der Waals surface area (Å²) in [5.41, 5.74) is 3.60. The van der Waals surface area contributed by atoms with E-state index in [9.17, 15) is 4.79 Å². The lowest BCUT2D eigenvalue weighted by molar-refractivity contribution is 0.103. The molecule has 2 aromatic carbocycles. The van der Waals surface area contributed by atoms with Crippen molar-refractivity contribution in [3.05, 3.63) is 71.4 Å². The van der Waals surface area contributed by atoms with Crippen molar-refractivity contribution >= 4 is 33.8 Å². The molecule has 0 fully saturated rings. The summed E-state index contributed by atoms with van der Waals surface area (Å²) >= 11 is 1.42.